The second kappa shape index (κ2) is 9.48. The molecule has 3 rings (SSSR count). The van der Waals surface area contributed by atoms with Gasteiger partial charge in [-0.3, -0.25) is 14.7 Å². The van der Waals surface area contributed by atoms with Gasteiger partial charge in [0.1, 0.15) is 5.75 Å². The van der Waals surface area contributed by atoms with E-state index >= 15 is 0 Å². The second-order valence-corrected chi connectivity index (χ2v) is 7.03. The molecule has 0 saturated carbocycles. The molecule has 0 spiro atoms. The van der Waals surface area contributed by atoms with Gasteiger partial charge in [0.15, 0.2) is 0 Å². The molecule has 6 nitrogen and oxygen atoms in total. The molecule has 1 aliphatic heterocycles. The number of carbonyl (C=O) groups is 1. The number of β-amino-alcohol motifs (C(OH)–C–C–N with tert-alkyl or cyclic N) is 1. The first-order chi connectivity index (χ1) is 13.1. The van der Waals surface area contributed by atoms with Gasteiger partial charge < -0.3 is 15.2 Å². The maximum atomic E-state index is 12.2. The lowest BCUT2D eigenvalue weighted by atomic mass is 9.97. The van der Waals surface area contributed by atoms with Gasteiger partial charge in [-0.2, -0.15) is 0 Å². The van der Waals surface area contributed by atoms with E-state index in [4.69, 9.17) is 4.74 Å². The minimum Gasteiger partial charge on any atom is -0.497 e. The lowest BCUT2D eigenvalue weighted by Gasteiger charge is -2.15. The number of likely N-dealkylation sites (tertiary alicyclic amines) is 1. The average Bonchev–Trinajstić information content (AvgIpc) is 3.02. The number of amides is 1. The fourth-order valence-corrected chi connectivity index (χ4v) is 3.49. The summed E-state index contributed by atoms with van der Waals surface area (Å²) < 4.78 is 5.14. The molecule has 2 heterocycles. The number of nitrogens with one attached hydrogen (secondary N) is 1. The second-order valence-electron chi connectivity index (χ2n) is 7.03. The summed E-state index contributed by atoms with van der Waals surface area (Å²) in [5.41, 5.74) is 2.32. The molecule has 0 radical (unpaired) electrons. The Hall–Kier alpha value is -2.44. The van der Waals surface area contributed by atoms with Crippen LogP contribution in [-0.4, -0.2) is 60.3 Å². The first-order valence-electron chi connectivity index (χ1n) is 9.33. The van der Waals surface area contributed by atoms with Crippen molar-refractivity contribution in [1.82, 2.24) is 15.2 Å². The SMILES string of the molecule is COc1ccc(CCNC(=O)CN2C[C@@H](Cc3ccncc3)[C@H](O)C2)cc1. The third-order valence-electron chi connectivity index (χ3n) is 4.99. The Labute approximate surface area is 160 Å². The third-order valence-corrected chi connectivity index (χ3v) is 4.99. The largest absolute Gasteiger partial charge is 0.497 e. The van der Waals surface area contributed by atoms with Crippen LogP contribution in [0, 0.1) is 5.92 Å². The molecule has 1 aromatic carbocycles. The molecule has 1 fully saturated rings. The number of methoxy groups -OCH3 is 1. The molecule has 1 aromatic heterocycles. The highest BCUT2D eigenvalue weighted by atomic mass is 16.5. The van der Waals surface area contributed by atoms with E-state index in [2.05, 4.69) is 10.3 Å². The molecule has 6 heteroatoms. The summed E-state index contributed by atoms with van der Waals surface area (Å²) in [7, 11) is 1.64. The van der Waals surface area contributed by atoms with Crippen LogP contribution in [-0.2, 0) is 17.6 Å². The number of hydrogen-bond donors (Lipinski definition) is 2. The molecule has 1 aliphatic rings. The van der Waals surface area contributed by atoms with E-state index < -0.39 is 6.10 Å². The van der Waals surface area contributed by atoms with Crippen molar-refractivity contribution < 1.29 is 14.6 Å². The Kier molecular flexibility index (Phi) is 6.79. The van der Waals surface area contributed by atoms with Crippen molar-refractivity contribution in [2.75, 3.05) is 33.3 Å². The number of rotatable bonds is 8. The average molecular weight is 369 g/mol. The maximum absolute atomic E-state index is 12.2. The van der Waals surface area contributed by atoms with Crippen molar-refractivity contribution in [2.45, 2.75) is 18.9 Å². The van der Waals surface area contributed by atoms with Gasteiger partial charge in [0.2, 0.25) is 5.91 Å². The molecule has 0 aliphatic carbocycles. The number of hydrogen-bond acceptors (Lipinski definition) is 5. The van der Waals surface area contributed by atoms with Gasteiger partial charge in [-0.05, 0) is 48.2 Å². The minimum atomic E-state index is -0.398. The van der Waals surface area contributed by atoms with Crippen LogP contribution in [0.25, 0.3) is 0 Å². The van der Waals surface area contributed by atoms with Gasteiger partial charge in [0.05, 0.1) is 19.8 Å². The Bertz CT molecular complexity index is 721. The van der Waals surface area contributed by atoms with E-state index in [1.807, 2.05) is 41.3 Å². The summed E-state index contributed by atoms with van der Waals surface area (Å²) in [5.74, 6) is 0.983. The number of nitrogens with zero attached hydrogens (tertiary/aromatic N) is 2. The van der Waals surface area contributed by atoms with Crippen molar-refractivity contribution in [3.05, 3.63) is 59.9 Å². The van der Waals surface area contributed by atoms with Crippen LogP contribution < -0.4 is 10.1 Å². The zero-order chi connectivity index (χ0) is 19.1. The zero-order valence-electron chi connectivity index (χ0n) is 15.7. The fraction of sp³-hybridized carbons (Fsp3) is 0.429. The molecule has 144 valence electrons. The first-order valence-corrected chi connectivity index (χ1v) is 9.33. The number of carbonyl (C=O) groups excluding carboxylic acids is 1. The quantitative estimate of drug-likeness (QED) is 0.733. The third kappa shape index (κ3) is 5.77. The molecular formula is C21H27N3O3. The molecule has 2 atom stereocenters. The van der Waals surface area contributed by atoms with Gasteiger partial charge in [-0.1, -0.05) is 12.1 Å². The van der Waals surface area contributed by atoms with Gasteiger partial charge in [0.25, 0.3) is 0 Å². The Balaban J connectivity index is 1.39. The number of aliphatic hydroxyl groups is 1. The molecule has 27 heavy (non-hydrogen) atoms. The highest BCUT2D eigenvalue weighted by Gasteiger charge is 2.32. The summed E-state index contributed by atoms with van der Waals surface area (Å²) in [6.07, 6.45) is 4.72. The summed E-state index contributed by atoms with van der Waals surface area (Å²) >= 11 is 0. The van der Waals surface area contributed by atoms with Gasteiger partial charge in [-0.25, -0.2) is 0 Å². The van der Waals surface area contributed by atoms with E-state index in [1.165, 1.54) is 5.56 Å². The molecular weight excluding hydrogens is 342 g/mol. The summed E-state index contributed by atoms with van der Waals surface area (Å²) in [5, 5.41) is 13.3. The van der Waals surface area contributed by atoms with Crippen molar-refractivity contribution in [2.24, 2.45) is 5.92 Å². The number of aliphatic hydroxyl groups excluding tert-OH is 1. The Morgan fingerprint density at radius 2 is 1.93 bits per heavy atom. The van der Waals surface area contributed by atoms with E-state index in [1.54, 1.807) is 19.5 Å². The Morgan fingerprint density at radius 3 is 2.63 bits per heavy atom. The monoisotopic (exact) mass is 369 g/mol. The summed E-state index contributed by atoms with van der Waals surface area (Å²) in [6, 6.07) is 11.8. The van der Waals surface area contributed by atoms with Gasteiger partial charge >= 0.3 is 0 Å². The number of aromatic nitrogens is 1. The van der Waals surface area contributed by atoms with Crippen LogP contribution in [0.15, 0.2) is 48.8 Å². The predicted octanol–water partition coefficient (Wildman–Crippen LogP) is 1.28. The van der Waals surface area contributed by atoms with Crippen LogP contribution in [0.4, 0.5) is 0 Å². The van der Waals surface area contributed by atoms with E-state index in [-0.39, 0.29) is 11.8 Å². The number of pyridine rings is 1. The minimum absolute atomic E-state index is 0.000253. The maximum Gasteiger partial charge on any atom is 0.234 e. The van der Waals surface area contributed by atoms with Crippen molar-refractivity contribution in [3.63, 3.8) is 0 Å². The first kappa shape index (κ1) is 19.3. The number of ether oxygens (including phenoxy) is 1. The van der Waals surface area contributed by atoms with Crippen LogP contribution in [0.1, 0.15) is 11.1 Å². The zero-order valence-corrected chi connectivity index (χ0v) is 15.7. The molecule has 2 N–H and O–H groups in total. The van der Waals surface area contributed by atoms with Crippen LogP contribution in [0.2, 0.25) is 0 Å². The molecule has 0 bridgehead atoms. The highest BCUT2D eigenvalue weighted by Crippen LogP contribution is 2.21. The van der Waals surface area contributed by atoms with E-state index in [0.717, 1.165) is 30.7 Å². The van der Waals surface area contributed by atoms with E-state index in [0.29, 0.717) is 19.6 Å². The topological polar surface area (TPSA) is 74.7 Å². The van der Waals surface area contributed by atoms with Crippen LogP contribution in [0.5, 0.6) is 5.75 Å². The molecule has 1 amide bonds. The highest BCUT2D eigenvalue weighted by molar-refractivity contribution is 5.78. The molecule has 0 unspecified atom stereocenters. The standard InChI is InChI=1S/C21H27N3O3/c1-27-19-4-2-16(3-5-19)8-11-23-21(26)15-24-13-18(20(25)14-24)12-17-6-9-22-10-7-17/h2-7,9-10,18,20,25H,8,11-15H2,1H3,(H,23,26)/t18-,20-/m1/s1. The predicted molar refractivity (Wildman–Crippen MR) is 104 cm³/mol. The summed E-state index contributed by atoms with van der Waals surface area (Å²) in [6.45, 7) is 2.20. The van der Waals surface area contributed by atoms with Crippen molar-refractivity contribution >= 4 is 5.91 Å². The summed E-state index contributed by atoms with van der Waals surface area (Å²) in [4.78, 5) is 18.2. The van der Waals surface area contributed by atoms with Crippen molar-refractivity contribution in [3.8, 4) is 5.75 Å². The van der Waals surface area contributed by atoms with Crippen LogP contribution in [0.3, 0.4) is 0 Å². The molecule has 1 saturated heterocycles. The molecule has 2 aromatic rings. The fourth-order valence-electron chi connectivity index (χ4n) is 3.49. The smallest absolute Gasteiger partial charge is 0.234 e. The number of benzene rings is 1. The van der Waals surface area contributed by atoms with Gasteiger partial charge in [0, 0.05) is 37.9 Å². The lowest BCUT2D eigenvalue weighted by molar-refractivity contribution is -0.122. The normalized spacial score (nSPS) is 19.8. The van der Waals surface area contributed by atoms with Gasteiger partial charge in [-0.15, -0.1) is 0 Å². The van der Waals surface area contributed by atoms with Crippen LogP contribution >= 0.6 is 0 Å². The lowest BCUT2D eigenvalue weighted by Crippen LogP contribution is -2.37. The Morgan fingerprint density at radius 1 is 1.19 bits per heavy atom. The van der Waals surface area contributed by atoms with Crippen molar-refractivity contribution in [1.29, 1.82) is 0 Å². The van der Waals surface area contributed by atoms with E-state index in [9.17, 15) is 9.90 Å².